The second-order valence-corrected chi connectivity index (χ2v) is 4.92. The molecule has 1 atom stereocenters. The molecule has 1 heterocycles. The van der Waals surface area contributed by atoms with E-state index in [2.05, 4.69) is 27.0 Å². The van der Waals surface area contributed by atoms with Crippen LogP contribution in [0.2, 0.25) is 0 Å². The van der Waals surface area contributed by atoms with E-state index < -0.39 is 0 Å². The summed E-state index contributed by atoms with van der Waals surface area (Å²) in [6.45, 7) is 1.60. The first kappa shape index (κ1) is 11.3. The van der Waals surface area contributed by atoms with Crippen molar-refractivity contribution in [2.24, 2.45) is 0 Å². The molecule has 0 saturated heterocycles. The van der Waals surface area contributed by atoms with Gasteiger partial charge in [-0.3, -0.25) is 9.78 Å². The monoisotopic (exact) mass is 277 g/mol. The van der Waals surface area contributed by atoms with Crippen LogP contribution in [0.25, 0.3) is 10.9 Å². The van der Waals surface area contributed by atoms with E-state index in [4.69, 9.17) is 0 Å². The normalized spacial score (nSPS) is 12.6. The number of halogens is 1. The van der Waals surface area contributed by atoms with Gasteiger partial charge in [0.05, 0.1) is 10.3 Å². The molecular formula is C13H12BrNO. The van der Waals surface area contributed by atoms with Crippen LogP contribution in [0.5, 0.6) is 0 Å². The first-order valence-corrected chi connectivity index (χ1v) is 6.06. The van der Waals surface area contributed by atoms with E-state index >= 15 is 0 Å². The van der Waals surface area contributed by atoms with E-state index in [1.807, 2.05) is 24.3 Å². The molecule has 0 aliphatic carbocycles. The van der Waals surface area contributed by atoms with Crippen LogP contribution >= 0.6 is 15.9 Å². The summed E-state index contributed by atoms with van der Waals surface area (Å²) >= 11 is 3.38. The summed E-state index contributed by atoms with van der Waals surface area (Å²) in [6, 6.07) is 10.0. The molecule has 16 heavy (non-hydrogen) atoms. The fourth-order valence-electron chi connectivity index (χ4n) is 1.60. The summed E-state index contributed by atoms with van der Waals surface area (Å²) in [4.78, 5) is 15.3. The Bertz CT molecular complexity index is 524. The van der Waals surface area contributed by atoms with Crippen LogP contribution in [0, 0.1) is 0 Å². The molecule has 0 N–H and O–H groups in total. The molecule has 2 rings (SSSR count). The third-order valence-corrected chi connectivity index (χ3v) is 3.49. The summed E-state index contributed by atoms with van der Waals surface area (Å²) in [5.41, 5.74) is 2.14. The number of aromatic nitrogens is 1. The molecule has 0 radical (unpaired) electrons. The van der Waals surface area contributed by atoms with Gasteiger partial charge in [-0.25, -0.2) is 0 Å². The number of Topliss-reactive ketones (excluding diaryl/α,β-unsaturated/α-hetero) is 1. The van der Waals surface area contributed by atoms with Gasteiger partial charge >= 0.3 is 0 Å². The van der Waals surface area contributed by atoms with E-state index in [9.17, 15) is 4.79 Å². The highest BCUT2D eigenvalue weighted by atomic mass is 79.9. The molecule has 0 bridgehead atoms. The lowest BCUT2D eigenvalue weighted by Crippen LogP contribution is -2.12. The summed E-state index contributed by atoms with van der Waals surface area (Å²) in [7, 11) is 0. The topological polar surface area (TPSA) is 30.0 Å². The summed E-state index contributed by atoms with van der Waals surface area (Å²) < 4.78 is 0. The van der Waals surface area contributed by atoms with Gasteiger partial charge in [-0.1, -0.05) is 28.1 Å². The highest BCUT2D eigenvalue weighted by Crippen LogP contribution is 2.17. The molecule has 0 aliphatic heterocycles. The second-order valence-electron chi connectivity index (χ2n) is 3.81. The van der Waals surface area contributed by atoms with Crippen LogP contribution in [-0.4, -0.2) is 15.6 Å². The lowest BCUT2D eigenvalue weighted by Gasteiger charge is -2.06. The highest BCUT2D eigenvalue weighted by molar-refractivity contribution is 9.10. The van der Waals surface area contributed by atoms with Crippen molar-refractivity contribution in [2.45, 2.75) is 18.2 Å². The van der Waals surface area contributed by atoms with E-state index in [1.165, 1.54) is 0 Å². The molecule has 82 valence electrons. The van der Waals surface area contributed by atoms with Crippen LogP contribution in [0.15, 0.2) is 36.5 Å². The molecule has 2 aromatic rings. The Morgan fingerprint density at radius 1 is 1.44 bits per heavy atom. The second kappa shape index (κ2) is 4.74. The van der Waals surface area contributed by atoms with E-state index in [-0.39, 0.29) is 10.6 Å². The Kier molecular flexibility index (Phi) is 3.34. The standard InChI is InChI=1S/C13H12BrNO/c1-9(16)12(14)8-10-4-5-13-11(7-10)3-2-6-15-13/h2-7,12H,8H2,1H3. The fourth-order valence-corrected chi connectivity index (χ4v) is 1.98. The minimum absolute atomic E-state index is 0.0957. The number of fused-ring (bicyclic) bond motifs is 1. The number of carbonyl (C=O) groups excluding carboxylic acids is 1. The van der Waals surface area contributed by atoms with E-state index in [0.29, 0.717) is 0 Å². The number of rotatable bonds is 3. The minimum atomic E-state index is -0.0957. The fraction of sp³-hybridized carbons (Fsp3) is 0.231. The van der Waals surface area contributed by atoms with Crippen molar-refractivity contribution in [3.63, 3.8) is 0 Å². The van der Waals surface area contributed by atoms with Crippen LogP contribution < -0.4 is 0 Å². The number of nitrogens with zero attached hydrogens (tertiary/aromatic N) is 1. The lowest BCUT2D eigenvalue weighted by atomic mass is 10.1. The van der Waals surface area contributed by atoms with Gasteiger partial charge in [-0.05, 0) is 37.1 Å². The maximum atomic E-state index is 11.2. The number of benzene rings is 1. The summed E-state index contributed by atoms with van der Waals surface area (Å²) in [5, 5.41) is 1.11. The van der Waals surface area contributed by atoms with Gasteiger partial charge in [0, 0.05) is 11.6 Å². The Morgan fingerprint density at radius 3 is 3.00 bits per heavy atom. The zero-order valence-electron chi connectivity index (χ0n) is 8.98. The molecule has 0 aliphatic rings. The minimum Gasteiger partial charge on any atom is -0.299 e. The molecule has 0 amide bonds. The number of pyridine rings is 1. The lowest BCUT2D eigenvalue weighted by molar-refractivity contribution is -0.116. The zero-order chi connectivity index (χ0) is 11.5. The summed E-state index contributed by atoms with van der Waals surface area (Å²) in [6.07, 6.45) is 2.50. The maximum absolute atomic E-state index is 11.2. The first-order valence-electron chi connectivity index (χ1n) is 5.15. The number of hydrogen-bond donors (Lipinski definition) is 0. The van der Waals surface area contributed by atoms with Crippen LogP contribution in [0.4, 0.5) is 0 Å². The predicted molar refractivity (Wildman–Crippen MR) is 68.8 cm³/mol. The molecule has 0 fully saturated rings. The van der Waals surface area contributed by atoms with Crippen molar-refractivity contribution in [3.05, 3.63) is 42.1 Å². The Balaban J connectivity index is 2.29. The maximum Gasteiger partial charge on any atom is 0.143 e. The largest absolute Gasteiger partial charge is 0.299 e. The third kappa shape index (κ3) is 2.47. The molecular weight excluding hydrogens is 266 g/mol. The van der Waals surface area contributed by atoms with Crippen LogP contribution in [-0.2, 0) is 11.2 Å². The van der Waals surface area contributed by atoms with Gasteiger partial charge in [-0.2, -0.15) is 0 Å². The zero-order valence-corrected chi connectivity index (χ0v) is 10.6. The number of ketones is 1. The average Bonchev–Trinajstić information content (AvgIpc) is 2.28. The van der Waals surface area contributed by atoms with Gasteiger partial charge < -0.3 is 0 Å². The summed E-state index contributed by atoms with van der Waals surface area (Å²) in [5.74, 6) is 0.159. The molecule has 1 unspecified atom stereocenters. The predicted octanol–water partition coefficient (Wildman–Crippen LogP) is 3.13. The van der Waals surface area contributed by atoms with Crippen molar-refractivity contribution in [1.29, 1.82) is 0 Å². The van der Waals surface area contributed by atoms with Crippen molar-refractivity contribution < 1.29 is 4.79 Å². The quantitative estimate of drug-likeness (QED) is 0.807. The third-order valence-electron chi connectivity index (χ3n) is 2.52. The number of hydrogen-bond acceptors (Lipinski definition) is 2. The molecule has 1 aromatic carbocycles. The van der Waals surface area contributed by atoms with Crippen LogP contribution in [0.1, 0.15) is 12.5 Å². The smallest absolute Gasteiger partial charge is 0.143 e. The van der Waals surface area contributed by atoms with E-state index in [0.717, 1.165) is 22.9 Å². The van der Waals surface area contributed by atoms with Crippen molar-refractivity contribution in [2.75, 3.05) is 0 Å². The Morgan fingerprint density at radius 2 is 2.25 bits per heavy atom. The van der Waals surface area contributed by atoms with Crippen molar-refractivity contribution in [3.8, 4) is 0 Å². The van der Waals surface area contributed by atoms with Gasteiger partial charge in [0.2, 0.25) is 0 Å². The van der Waals surface area contributed by atoms with Gasteiger partial charge in [0.25, 0.3) is 0 Å². The highest BCUT2D eigenvalue weighted by Gasteiger charge is 2.10. The molecule has 0 saturated carbocycles. The van der Waals surface area contributed by atoms with Crippen molar-refractivity contribution in [1.82, 2.24) is 4.98 Å². The van der Waals surface area contributed by atoms with Gasteiger partial charge in [0.1, 0.15) is 5.78 Å². The molecule has 2 nitrogen and oxygen atoms in total. The van der Waals surface area contributed by atoms with E-state index in [1.54, 1.807) is 13.1 Å². The Labute approximate surface area is 103 Å². The Hall–Kier alpha value is -1.22. The molecule has 1 aromatic heterocycles. The average molecular weight is 278 g/mol. The van der Waals surface area contributed by atoms with Crippen LogP contribution in [0.3, 0.4) is 0 Å². The number of carbonyl (C=O) groups is 1. The van der Waals surface area contributed by atoms with Gasteiger partial charge in [0.15, 0.2) is 0 Å². The SMILES string of the molecule is CC(=O)C(Br)Cc1ccc2ncccc2c1. The van der Waals surface area contributed by atoms with Gasteiger partial charge in [-0.15, -0.1) is 0 Å². The number of alkyl halides is 1. The van der Waals surface area contributed by atoms with Crippen molar-refractivity contribution >= 4 is 32.6 Å². The molecule has 3 heteroatoms. The first-order chi connectivity index (χ1) is 7.66. The molecule has 0 spiro atoms.